The highest BCUT2D eigenvalue weighted by atomic mass is 16.5. The third kappa shape index (κ3) is 2.37. The summed E-state index contributed by atoms with van der Waals surface area (Å²) in [7, 11) is 1.67. The van der Waals surface area contributed by atoms with E-state index in [0.717, 1.165) is 16.9 Å². The fourth-order valence-electron chi connectivity index (χ4n) is 2.16. The van der Waals surface area contributed by atoms with Gasteiger partial charge in [-0.15, -0.1) is 0 Å². The lowest BCUT2D eigenvalue weighted by Crippen LogP contribution is -2.29. The number of aryl methyl sites for hydroxylation is 1. The van der Waals surface area contributed by atoms with Gasteiger partial charge in [0.25, 0.3) is 0 Å². The molecule has 1 unspecified atom stereocenters. The van der Waals surface area contributed by atoms with Crippen LogP contribution in [0.1, 0.15) is 22.7 Å². The molecule has 3 N–H and O–H groups in total. The van der Waals surface area contributed by atoms with Gasteiger partial charge in [-0.3, -0.25) is 5.84 Å². The fourth-order valence-corrected chi connectivity index (χ4v) is 2.16. The average Bonchev–Trinajstić information content (AvgIpc) is 2.42. The minimum Gasteiger partial charge on any atom is -0.496 e. The lowest BCUT2D eigenvalue weighted by atomic mass is 9.95. The normalized spacial score (nSPS) is 12.2. The summed E-state index contributed by atoms with van der Waals surface area (Å²) in [6.07, 6.45) is 0. The number of nitrogens with two attached hydrogens (primary N) is 1. The van der Waals surface area contributed by atoms with Crippen LogP contribution in [0.4, 0.5) is 0 Å². The van der Waals surface area contributed by atoms with Crippen molar-refractivity contribution in [1.82, 2.24) is 5.43 Å². The Hall–Kier alpha value is -1.84. The molecule has 2 rings (SSSR count). The maximum atomic E-state index is 5.72. The van der Waals surface area contributed by atoms with Crippen molar-refractivity contribution >= 4 is 0 Å². The van der Waals surface area contributed by atoms with Gasteiger partial charge in [0.05, 0.1) is 13.2 Å². The summed E-state index contributed by atoms with van der Waals surface area (Å²) in [5.74, 6) is 6.56. The summed E-state index contributed by atoms with van der Waals surface area (Å²) >= 11 is 0. The molecule has 3 nitrogen and oxygen atoms in total. The quantitative estimate of drug-likeness (QED) is 0.640. The smallest absolute Gasteiger partial charge is 0.124 e. The molecule has 0 aromatic heterocycles. The van der Waals surface area contributed by atoms with E-state index in [0.29, 0.717) is 0 Å². The first-order valence-electron chi connectivity index (χ1n) is 5.92. The van der Waals surface area contributed by atoms with Crippen molar-refractivity contribution in [2.75, 3.05) is 7.11 Å². The van der Waals surface area contributed by atoms with Gasteiger partial charge in [-0.2, -0.15) is 0 Å². The van der Waals surface area contributed by atoms with E-state index < -0.39 is 0 Å². The van der Waals surface area contributed by atoms with Crippen molar-refractivity contribution in [2.45, 2.75) is 13.0 Å². The lowest BCUT2D eigenvalue weighted by molar-refractivity contribution is 0.404. The van der Waals surface area contributed by atoms with Crippen LogP contribution in [-0.4, -0.2) is 7.11 Å². The van der Waals surface area contributed by atoms with Crippen LogP contribution in [0.5, 0.6) is 5.75 Å². The van der Waals surface area contributed by atoms with E-state index in [1.165, 1.54) is 5.56 Å². The van der Waals surface area contributed by atoms with Crippen molar-refractivity contribution in [2.24, 2.45) is 5.84 Å². The maximum absolute atomic E-state index is 5.72. The summed E-state index contributed by atoms with van der Waals surface area (Å²) in [6, 6.07) is 16.0. The summed E-state index contributed by atoms with van der Waals surface area (Å²) in [5.41, 5.74) is 6.27. The molecule has 2 aromatic rings. The standard InChI is InChI=1S/C15H18N2O/c1-11-7-3-4-8-12(11)15(17-16)13-9-5-6-10-14(13)18-2/h3-10,15,17H,16H2,1-2H3. The van der Waals surface area contributed by atoms with E-state index >= 15 is 0 Å². The molecule has 0 aliphatic heterocycles. The molecule has 1 atom stereocenters. The molecule has 18 heavy (non-hydrogen) atoms. The number of hydrazine groups is 1. The maximum Gasteiger partial charge on any atom is 0.124 e. The summed E-state index contributed by atoms with van der Waals surface area (Å²) in [6.45, 7) is 2.08. The van der Waals surface area contributed by atoms with Gasteiger partial charge in [-0.25, -0.2) is 5.43 Å². The van der Waals surface area contributed by atoms with Gasteiger partial charge in [-0.05, 0) is 24.1 Å². The van der Waals surface area contributed by atoms with Gasteiger partial charge in [0.15, 0.2) is 0 Å². The molecule has 94 valence electrons. The molecule has 0 bridgehead atoms. The van der Waals surface area contributed by atoms with Crippen molar-refractivity contribution < 1.29 is 4.74 Å². The highest BCUT2D eigenvalue weighted by molar-refractivity contribution is 5.43. The Kier molecular flexibility index (Phi) is 3.97. The van der Waals surface area contributed by atoms with Crippen LogP contribution in [0.3, 0.4) is 0 Å². The van der Waals surface area contributed by atoms with E-state index in [9.17, 15) is 0 Å². The van der Waals surface area contributed by atoms with Gasteiger partial charge >= 0.3 is 0 Å². The number of methoxy groups -OCH3 is 1. The number of rotatable bonds is 4. The largest absolute Gasteiger partial charge is 0.496 e. The number of hydrogen-bond acceptors (Lipinski definition) is 3. The molecular weight excluding hydrogens is 224 g/mol. The fraction of sp³-hybridized carbons (Fsp3) is 0.200. The predicted molar refractivity (Wildman–Crippen MR) is 73.3 cm³/mol. The molecule has 0 saturated carbocycles. The first-order chi connectivity index (χ1) is 8.77. The molecule has 0 spiro atoms. The molecule has 3 heteroatoms. The van der Waals surface area contributed by atoms with E-state index in [1.54, 1.807) is 7.11 Å². The average molecular weight is 242 g/mol. The molecule has 0 heterocycles. The Morgan fingerprint density at radius 3 is 2.22 bits per heavy atom. The second-order valence-corrected chi connectivity index (χ2v) is 4.20. The van der Waals surface area contributed by atoms with Crippen LogP contribution in [0, 0.1) is 6.92 Å². The van der Waals surface area contributed by atoms with Crippen LogP contribution >= 0.6 is 0 Å². The number of nitrogens with one attached hydrogen (secondary N) is 1. The Bertz CT molecular complexity index is 525. The summed E-state index contributed by atoms with van der Waals surface area (Å²) in [4.78, 5) is 0. The van der Waals surface area contributed by atoms with Crippen molar-refractivity contribution in [3.63, 3.8) is 0 Å². The molecular formula is C15H18N2O. The number of para-hydroxylation sites is 1. The van der Waals surface area contributed by atoms with Gasteiger partial charge in [0, 0.05) is 5.56 Å². The minimum absolute atomic E-state index is 0.0673. The second-order valence-electron chi connectivity index (χ2n) is 4.20. The SMILES string of the molecule is COc1ccccc1C(NN)c1ccccc1C. The zero-order chi connectivity index (χ0) is 13.0. The molecule has 0 amide bonds. The van der Waals surface area contributed by atoms with E-state index in [2.05, 4.69) is 24.5 Å². The third-order valence-corrected chi connectivity index (χ3v) is 3.12. The van der Waals surface area contributed by atoms with E-state index in [-0.39, 0.29) is 6.04 Å². The Morgan fingerprint density at radius 1 is 1.00 bits per heavy atom. The van der Waals surface area contributed by atoms with Gasteiger partial charge in [-0.1, -0.05) is 42.5 Å². The minimum atomic E-state index is -0.0673. The Labute approximate surface area is 108 Å². The van der Waals surface area contributed by atoms with E-state index in [4.69, 9.17) is 10.6 Å². The highest BCUT2D eigenvalue weighted by Crippen LogP contribution is 2.30. The van der Waals surface area contributed by atoms with Crippen LogP contribution in [0.2, 0.25) is 0 Å². The van der Waals surface area contributed by atoms with Gasteiger partial charge < -0.3 is 4.74 Å². The number of hydrogen-bond donors (Lipinski definition) is 2. The third-order valence-electron chi connectivity index (χ3n) is 3.12. The van der Waals surface area contributed by atoms with Crippen LogP contribution in [0.25, 0.3) is 0 Å². The molecule has 0 aliphatic carbocycles. The van der Waals surface area contributed by atoms with Crippen molar-refractivity contribution in [1.29, 1.82) is 0 Å². The molecule has 0 fully saturated rings. The number of ether oxygens (including phenoxy) is 1. The first-order valence-corrected chi connectivity index (χ1v) is 5.92. The zero-order valence-corrected chi connectivity index (χ0v) is 10.7. The molecule has 0 radical (unpaired) electrons. The predicted octanol–water partition coefficient (Wildman–Crippen LogP) is 2.56. The van der Waals surface area contributed by atoms with Gasteiger partial charge in [0.2, 0.25) is 0 Å². The molecule has 2 aromatic carbocycles. The Balaban J connectivity index is 2.49. The highest BCUT2D eigenvalue weighted by Gasteiger charge is 2.17. The van der Waals surface area contributed by atoms with Crippen molar-refractivity contribution in [3.05, 3.63) is 65.2 Å². The summed E-state index contributed by atoms with van der Waals surface area (Å²) < 4.78 is 5.39. The van der Waals surface area contributed by atoms with Crippen LogP contribution < -0.4 is 16.0 Å². The van der Waals surface area contributed by atoms with Crippen LogP contribution in [-0.2, 0) is 0 Å². The first kappa shape index (κ1) is 12.6. The monoisotopic (exact) mass is 242 g/mol. The lowest BCUT2D eigenvalue weighted by Gasteiger charge is -2.21. The van der Waals surface area contributed by atoms with Crippen LogP contribution in [0.15, 0.2) is 48.5 Å². The second kappa shape index (κ2) is 5.67. The Morgan fingerprint density at radius 2 is 1.61 bits per heavy atom. The van der Waals surface area contributed by atoms with E-state index in [1.807, 2.05) is 36.4 Å². The molecule has 0 aliphatic rings. The molecule has 0 saturated heterocycles. The summed E-state index contributed by atoms with van der Waals surface area (Å²) in [5, 5.41) is 0. The number of benzene rings is 2. The van der Waals surface area contributed by atoms with Crippen molar-refractivity contribution in [3.8, 4) is 5.75 Å². The van der Waals surface area contributed by atoms with Gasteiger partial charge in [0.1, 0.15) is 5.75 Å². The zero-order valence-electron chi connectivity index (χ0n) is 10.7. The topological polar surface area (TPSA) is 47.3 Å².